The van der Waals surface area contributed by atoms with Gasteiger partial charge in [0.15, 0.2) is 0 Å². The summed E-state index contributed by atoms with van der Waals surface area (Å²) in [5.41, 5.74) is 1.34. The van der Waals surface area contributed by atoms with Gasteiger partial charge in [-0.15, -0.1) is 0 Å². The molecule has 1 amide bonds. The largest absolute Gasteiger partial charge is 0.406 e. The first-order valence-corrected chi connectivity index (χ1v) is 11.9. The van der Waals surface area contributed by atoms with Gasteiger partial charge in [-0.05, 0) is 55.7 Å². The molecular formula is C26H32F3N3O2. The molecule has 1 aromatic heterocycles. The van der Waals surface area contributed by atoms with Gasteiger partial charge in [-0.3, -0.25) is 9.59 Å². The van der Waals surface area contributed by atoms with Crippen molar-refractivity contribution < 1.29 is 18.0 Å². The molecular weight excluding hydrogens is 443 g/mol. The Bertz CT molecular complexity index is 1080. The number of pyridine rings is 1. The third-order valence-electron chi connectivity index (χ3n) is 7.41. The van der Waals surface area contributed by atoms with Crippen LogP contribution in [-0.2, 0) is 6.54 Å². The monoisotopic (exact) mass is 475 g/mol. The van der Waals surface area contributed by atoms with Crippen molar-refractivity contribution in [1.82, 2.24) is 14.4 Å². The Hall–Kier alpha value is -2.61. The fourth-order valence-electron chi connectivity index (χ4n) is 5.54. The van der Waals surface area contributed by atoms with Crippen LogP contribution in [0, 0.1) is 25.7 Å². The van der Waals surface area contributed by atoms with Gasteiger partial charge in [0.05, 0.1) is 5.56 Å². The van der Waals surface area contributed by atoms with Crippen molar-refractivity contribution in [2.45, 2.75) is 45.8 Å². The maximum absolute atomic E-state index is 13.3. The molecule has 0 bridgehead atoms. The highest BCUT2D eigenvalue weighted by molar-refractivity contribution is 5.96. The van der Waals surface area contributed by atoms with E-state index in [4.69, 9.17) is 0 Å². The van der Waals surface area contributed by atoms with E-state index in [9.17, 15) is 22.8 Å². The van der Waals surface area contributed by atoms with E-state index in [0.717, 1.165) is 32.1 Å². The molecule has 5 nitrogen and oxygen atoms in total. The Morgan fingerprint density at radius 3 is 2.26 bits per heavy atom. The average Bonchev–Trinajstić information content (AvgIpc) is 3.34. The summed E-state index contributed by atoms with van der Waals surface area (Å²) in [5, 5.41) is 0. The topological polar surface area (TPSA) is 45.6 Å². The van der Waals surface area contributed by atoms with Crippen LogP contribution in [0.2, 0.25) is 0 Å². The smallest absolute Gasteiger partial charge is 0.338 e. The van der Waals surface area contributed by atoms with Gasteiger partial charge in [-0.25, -0.2) is 0 Å². The van der Waals surface area contributed by atoms with Gasteiger partial charge in [-0.1, -0.05) is 37.3 Å². The van der Waals surface area contributed by atoms with Crippen LogP contribution in [0.4, 0.5) is 13.2 Å². The number of carbonyl (C=O) groups excluding carboxylic acids is 1. The number of alkyl halides is 3. The molecule has 0 saturated carbocycles. The molecule has 0 spiro atoms. The molecule has 2 saturated heterocycles. The summed E-state index contributed by atoms with van der Waals surface area (Å²) in [5.74, 6) is 0.956. The Morgan fingerprint density at radius 2 is 1.68 bits per heavy atom. The summed E-state index contributed by atoms with van der Waals surface area (Å²) >= 11 is 0. The molecule has 4 rings (SSSR count). The molecule has 1 aromatic carbocycles. The summed E-state index contributed by atoms with van der Waals surface area (Å²) in [6.07, 6.45) is -3.46. The van der Waals surface area contributed by atoms with Gasteiger partial charge in [0.1, 0.15) is 6.54 Å². The molecule has 2 fully saturated rings. The average molecular weight is 476 g/mol. The van der Waals surface area contributed by atoms with Crippen molar-refractivity contribution in [1.29, 1.82) is 0 Å². The molecule has 8 heteroatoms. The summed E-state index contributed by atoms with van der Waals surface area (Å²) < 4.78 is 39.6. The lowest BCUT2D eigenvalue weighted by Gasteiger charge is -2.24. The number of halogens is 3. The van der Waals surface area contributed by atoms with E-state index in [-0.39, 0.29) is 17.2 Å². The van der Waals surface area contributed by atoms with Crippen LogP contribution >= 0.6 is 0 Å². The minimum absolute atomic E-state index is 0.0842. The van der Waals surface area contributed by atoms with E-state index in [1.807, 2.05) is 6.07 Å². The maximum atomic E-state index is 13.3. The van der Waals surface area contributed by atoms with Crippen LogP contribution < -0.4 is 5.56 Å². The molecule has 184 valence electrons. The highest BCUT2D eigenvalue weighted by Gasteiger charge is 2.42. The van der Waals surface area contributed by atoms with Crippen LogP contribution in [0.25, 0.3) is 0 Å². The van der Waals surface area contributed by atoms with Crippen molar-refractivity contribution >= 4 is 5.91 Å². The minimum atomic E-state index is -4.53. The molecule has 3 heterocycles. The highest BCUT2D eigenvalue weighted by atomic mass is 19.4. The number of nitrogens with zero attached hydrogens (tertiary/aromatic N) is 3. The molecule has 0 aliphatic carbocycles. The zero-order valence-electron chi connectivity index (χ0n) is 19.9. The van der Waals surface area contributed by atoms with E-state index in [1.54, 1.807) is 11.8 Å². The van der Waals surface area contributed by atoms with Crippen LogP contribution in [0.5, 0.6) is 0 Å². The van der Waals surface area contributed by atoms with Crippen molar-refractivity contribution in [3.05, 3.63) is 69.1 Å². The van der Waals surface area contributed by atoms with E-state index in [0.29, 0.717) is 41.0 Å². The van der Waals surface area contributed by atoms with Crippen molar-refractivity contribution in [2.24, 2.45) is 11.8 Å². The van der Waals surface area contributed by atoms with Crippen LogP contribution in [0.3, 0.4) is 0 Å². The zero-order chi connectivity index (χ0) is 24.6. The second-order valence-electron chi connectivity index (χ2n) is 9.92. The first kappa shape index (κ1) is 24.5. The number of rotatable bonds is 6. The lowest BCUT2D eigenvalue weighted by Crippen LogP contribution is -2.37. The molecule has 3 unspecified atom stereocenters. The normalized spacial score (nSPS) is 21.6. The Balaban J connectivity index is 1.38. The predicted octanol–water partition coefficient (Wildman–Crippen LogP) is 4.23. The number of aryl methyl sites for hydroxylation is 1. The van der Waals surface area contributed by atoms with E-state index >= 15 is 0 Å². The van der Waals surface area contributed by atoms with E-state index in [1.165, 1.54) is 12.5 Å². The lowest BCUT2D eigenvalue weighted by atomic mass is 9.98. The molecule has 0 N–H and O–H groups in total. The van der Waals surface area contributed by atoms with Crippen molar-refractivity contribution in [3.8, 4) is 0 Å². The fraction of sp³-hybridized carbons (Fsp3) is 0.538. The van der Waals surface area contributed by atoms with Crippen molar-refractivity contribution in [3.63, 3.8) is 0 Å². The number of hydrogen-bond acceptors (Lipinski definition) is 3. The third kappa shape index (κ3) is 5.22. The van der Waals surface area contributed by atoms with Gasteiger partial charge in [-0.2, -0.15) is 13.2 Å². The first-order valence-electron chi connectivity index (χ1n) is 11.9. The van der Waals surface area contributed by atoms with Gasteiger partial charge in [0.25, 0.3) is 11.5 Å². The third-order valence-corrected chi connectivity index (χ3v) is 7.41. The van der Waals surface area contributed by atoms with Gasteiger partial charge < -0.3 is 14.4 Å². The van der Waals surface area contributed by atoms with E-state index < -0.39 is 18.3 Å². The quantitative estimate of drug-likeness (QED) is 0.628. The van der Waals surface area contributed by atoms with Gasteiger partial charge in [0.2, 0.25) is 0 Å². The number of fused-ring (bicyclic) bond motifs is 1. The van der Waals surface area contributed by atoms with Crippen molar-refractivity contribution in [2.75, 3.05) is 32.7 Å². The Kier molecular flexibility index (Phi) is 6.90. The van der Waals surface area contributed by atoms with Crippen LogP contribution in [0.15, 0.2) is 41.2 Å². The zero-order valence-corrected chi connectivity index (χ0v) is 19.9. The number of likely N-dealkylation sites (tertiary alicyclic amines) is 2. The molecule has 2 aromatic rings. The molecule has 3 atom stereocenters. The standard InChI is InChI=1S/C26H32F3N3O2/c1-17(20-7-5-4-6-8-20)9-10-30-12-21-14-31(15-22(21)13-30)25(34)24-18(2)11-23(33)32(19(24)3)16-26(27,28)29/h4-8,11,17,21-22H,9-10,12-16H2,1-3H3. The second kappa shape index (κ2) is 9.56. The summed E-state index contributed by atoms with van der Waals surface area (Å²) in [7, 11) is 0. The van der Waals surface area contributed by atoms with Gasteiger partial charge in [0, 0.05) is 37.9 Å². The van der Waals surface area contributed by atoms with Crippen LogP contribution in [0.1, 0.15) is 46.4 Å². The maximum Gasteiger partial charge on any atom is 0.406 e. The number of benzene rings is 1. The SMILES string of the molecule is Cc1cc(=O)n(CC(F)(F)F)c(C)c1C(=O)N1CC2CN(CCC(C)c3ccccc3)CC2C1. The summed E-state index contributed by atoms with van der Waals surface area (Å²) in [4.78, 5) is 29.7. The summed E-state index contributed by atoms with van der Waals surface area (Å²) in [6, 6.07) is 11.6. The van der Waals surface area contributed by atoms with E-state index in [2.05, 4.69) is 36.1 Å². The molecule has 2 aliphatic heterocycles. The lowest BCUT2D eigenvalue weighted by molar-refractivity contribution is -0.141. The molecule has 2 aliphatic rings. The first-order chi connectivity index (χ1) is 16.0. The predicted molar refractivity (Wildman–Crippen MR) is 125 cm³/mol. The Morgan fingerprint density at radius 1 is 1.06 bits per heavy atom. The Labute approximate surface area is 198 Å². The number of amides is 1. The number of hydrogen-bond donors (Lipinski definition) is 0. The van der Waals surface area contributed by atoms with Crippen LogP contribution in [-0.4, -0.2) is 59.2 Å². The second-order valence-corrected chi connectivity index (χ2v) is 9.92. The van der Waals surface area contributed by atoms with Gasteiger partial charge >= 0.3 is 6.18 Å². The highest BCUT2D eigenvalue weighted by Crippen LogP contribution is 2.33. The molecule has 0 radical (unpaired) electrons. The number of carbonyl (C=O) groups is 1. The fourth-order valence-corrected chi connectivity index (χ4v) is 5.54. The number of aromatic nitrogens is 1. The molecule has 34 heavy (non-hydrogen) atoms. The summed E-state index contributed by atoms with van der Waals surface area (Å²) in [6.45, 7) is 7.99. The minimum Gasteiger partial charge on any atom is -0.338 e.